The van der Waals surface area contributed by atoms with E-state index in [9.17, 15) is 4.39 Å². The van der Waals surface area contributed by atoms with Crippen LogP contribution in [0.4, 0.5) is 4.39 Å². The number of hydrogen-bond acceptors (Lipinski definition) is 2. The van der Waals surface area contributed by atoms with E-state index in [1.807, 2.05) is 6.07 Å². The molecule has 4 heteroatoms. The van der Waals surface area contributed by atoms with E-state index >= 15 is 0 Å². The van der Waals surface area contributed by atoms with E-state index in [-0.39, 0.29) is 5.82 Å². The summed E-state index contributed by atoms with van der Waals surface area (Å²) < 4.78 is 24.4. The van der Waals surface area contributed by atoms with Crippen LogP contribution < -0.4 is 4.74 Å². The van der Waals surface area contributed by atoms with Crippen LogP contribution >= 0.6 is 15.9 Å². The molecule has 0 spiro atoms. The summed E-state index contributed by atoms with van der Waals surface area (Å²) in [5.74, 6) is 1.12. The molecule has 2 nitrogen and oxygen atoms in total. The number of aryl methyl sites for hydroxylation is 1. The monoisotopic (exact) mass is 284 g/mol. The molecule has 16 heavy (non-hydrogen) atoms. The van der Waals surface area contributed by atoms with Gasteiger partial charge in [-0.1, -0.05) is 0 Å². The van der Waals surface area contributed by atoms with Gasteiger partial charge in [-0.25, -0.2) is 4.39 Å². The standard InChI is InChI=1S/C12H10BrFO2/c1-8-6-9(2-4-11(8)14)15-7-10-3-5-12(13)16-10/h2-6H,7H2,1H3. The molecule has 0 radical (unpaired) electrons. The minimum Gasteiger partial charge on any atom is -0.486 e. The molecule has 84 valence electrons. The maximum atomic E-state index is 13.0. The molecule has 0 aliphatic carbocycles. The second-order valence-electron chi connectivity index (χ2n) is 3.41. The number of benzene rings is 1. The Morgan fingerprint density at radius 2 is 2.12 bits per heavy atom. The van der Waals surface area contributed by atoms with Crippen LogP contribution in [0, 0.1) is 12.7 Å². The molecular formula is C12H10BrFO2. The second-order valence-corrected chi connectivity index (χ2v) is 4.19. The summed E-state index contributed by atoms with van der Waals surface area (Å²) in [4.78, 5) is 0. The van der Waals surface area contributed by atoms with Gasteiger partial charge in [-0.15, -0.1) is 0 Å². The van der Waals surface area contributed by atoms with Crippen molar-refractivity contribution in [2.45, 2.75) is 13.5 Å². The first-order valence-electron chi connectivity index (χ1n) is 4.78. The molecule has 0 aliphatic rings. The molecule has 0 fully saturated rings. The molecule has 0 N–H and O–H groups in total. The highest BCUT2D eigenvalue weighted by molar-refractivity contribution is 9.10. The fraction of sp³-hybridized carbons (Fsp3) is 0.167. The Bertz CT molecular complexity index is 494. The largest absolute Gasteiger partial charge is 0.486 e. The maximum absolute atomic E-state index is 13.0. The minimum absolute atomic E-state index is 0.229. The van der Waals surface area contributed by atoms with Gasteiger partial charge in [0.2, 0.25) is 0 Å². The summed E-state index contributed by atoms with van der Waals surface area (Å²) in [6.45, 7) is 2.03. The Morgan fingerprint density at radius 3 is 2.75 bits per heavy atom. The predicted octanol–water partition coefficient (Wildman–Crippen LogP) is 4.07. The van der Waals surface area contributed by atoms with Gasteiger partial charge in [0, 0.05) is 0 Å². The van der Waals surface area contributed by atoms with E-state index in [4.69, 9.17) is 9.15 Å². The molecule has 1 heterocycles. The van der Waals surface area contributed by atoms with Crippen LogP contribution in [0.3, 0.4) is 0 Å². The first-order chi connectivity index (χ1) is 7.65. The van der Waals surface area contributed by atoms with Crippen molar-refractivity contribution in [2.24, 2.45) is 0 Å². The highest BCUT2D eigenvalue weighted by atomic mass is 79.9. The van der Waals surface area contributed by atoms with E-state index in [1.165, 1.54) is 6.07 Å². The first kappa shape index (κ1) is 11.2. The summed E-state index contributed by atoms with van der Waals surface area (Å²) in [5, 5.41) is 0. The van der Waals surface area contributed by atoms with Gasteiger partial charge >= 0.3 is 0 Å². The summed E-state index contributed by atoms with van der Waals surface area (Å²) in [7, 11) is 0. The number of ether oxygens (including phenoxy) is 1. The van der Waals surface area contributed by atoms with Gasteiger partial charge in [0.25, 0.3) is 0 Å². The predicted molar refractivity (Wildman–Crippen MR) is 61.9 cm³/mol. The average molecular weight is 285 g/mol. The SMILES string of the molecule is Cc1cc(OCc2ccc(Br)o2)ccc1F. The number of furan rings is 1. The summed E-state index contributed by atoms with van der Waals surface area (Å²) in [6.07, 6.45) is 0. The van der Waals surface area contributed by atoms with Crippen LogP contribution in [0.1, 0.15) is 11.3 Å². The fourth-order valence-electron chi connectivity index (χ4n) is 1.29. The molecule has 0 aliphatic heterocycles. The van der Waals surface area contributed by atoms with E-state index in [0.717, 1.165) is 0 Å². The Hall–Kier alpha value is -1.29. The Balaban J connectivity index is 2.02. The van der Waals surface area contributed by atoms with E-state index in [2.05, 4.69) is 15.9 Å². The minimum atomic E-state index is -0.229. The van der Waals surface area contributed by atoms with Crippen LogP contribution in [0.15, 0.2) is 39.4 Å². The van der Waals surface area contributed by atoms with Gasteiger partial charge in [-0.05, 0) is 58.7 Å². The lowest BCUT2D eigenvalue weighted by atomic mass is 10.2. The quantitative estimate of drug-likeness (QED) is 0.848. The van der Waals surface area contributed by atoms with Gasteiger partial charge in [0.15, 0.2) is 4.67 Å². The second kappa shape index (κ2) is 4.70. The lowest BCUT2D eigenvalue weighted by molar-refractivity contribution is 0.267. The van der Waals surface area contributed by atoms with E-state index < -0.39 is 0 Å². The summed E-state index contributed by atoms with van der Waals surface area (Å²) in [5.41, 5.74) is 0.568. The average Bonchev–Trinajstić information content (AvgIpc) is 2.66. The van der Waals surface area contributed by atoms with Crippen molar-refractivity contribution in [1.29, 1.82) is 0 Å². The fourth-order valence-corrected chi connectivity index (χ4v) is 1.63. The van der Waals surface area contributed by atoms with Gasteiger partial charge in [-0.3, -0.25) is 0 Å². The molecule has 0 bridgehead atoms. The van der Waals surface area contributed by atoms with Crippen molar-refractivity contribution in [3.05, 3.63) is 52.1 Å². The molecule has 2 rings (SSSR count). The Kier molecular flexibility index (Phi) is 3.29. The van der Waals surface area contributed by atoms with Crippen molar-refractivity contribution in [3.8, 4) is 5.75 Å². The van der Waals surface area contributed by atoms with Crippen LogP contribution in [0.2, 0.25) is 0 Å². The molecule has 1 aromatic heterocycles. The summed E-state index contributed by atoms with van der Waals surface area (Å²) >= 11 is 3.21. The topological polar surface area (TPSA) is 22.4 Å². The van der Waals surface area contributed by atoms with Crippen molar-refractivity contribution in [1.82, 2.24) is 0 Å². The number of rotatable bonds is 3. The van der Waals surface area contributed by atoms with Crippen molar-refractivity contribution < 1.29 is 13.5 Å². The van der Waals surface area contributed by atoms with Crippen LogP contribution in [-0.4, -0.2) is 0 Å². The van der Waals surface area contributed by atoms with E-state index in [0.29, 0.717) is 28.3 Å². The lowest BCUT2D eigenvalue weighted by Crippen LogP contribution is -1.94. The zero-order valence-corrected chi connectivity index (χ0v) is 10.3. The normalized spacial score (nSPS) is 10.4. The third-order valence-electron chi connectivity index (χ3n) is 2.14. The van der Waals surface area contributed by atoms with Gasteiger partial charge < -0.3 is 9.15 Å². The Morgan fingerprint density at radius 1 is 1.31 bits per heavy atom. The van der Waals surface area contributed by atoms with Gasteiger partial charge in [0.05, 0.1) is 0 Å². The Labute approximate surface area is 101 Å². The highest BCUT2D eigenvalue weighted by Gasteiger charge is 2.03. The molecule has 0 unspecified atom stereocenters. The lowest BCUT2D eigenvalue weighted by Gasteiger charge is -2.05. The molecule has 2 aromatic rings. The highest BCUT2D eigenvalue weighted by Crippen LogP contribution is 2.19. The number of hydrogen-bond donors (Lipinski definition) is 0. The van der Waals surface area contributed by atoms with Crippen LogP contribution in [-0.2, 0) is 6.61 Å². The smallest absolute Gasteiger partial charge is 0.169 e. The van der Waals surface area contributed by atoms with Gasteiger partial charge in [0.1, 0.15) is 23.9 Å². The molecule has 0 atom stereocenters. The van der Waals surface area contributed by atoms with E-state index in [1.54, 1.807) is 25.1 Å². The zero-order chi connectivity index (χ0) is 11.5. The molecular weight excluding hydrogens is 275 g/mol. The first-order valence-corrected chi connectivity index (χ1v) is 5.57. The maximum Gasteiger partial charge on any atom is 0.169 e. The molecule has 0 amide bonds. The third-order valence-corrected chi connectivity index (χ3v) is 2.57. The van der Waals surface area contributed by atoms with Crippen LogP contribution in [0.25, 0.3) is 0 Å². The molecule has 1 aromatic carbocycles. The van der Waals surface area contributed by atoms with Gasteiger partial charge in [-0.2, -0.15) is 0 Å². The van der Waals surface area contributed by atoms with Crippen molar-refractivity contribution in [2.75, 3.05) is 0 Å². The van der Waals surface area contributed by atoms with Crippen molar-refractivity contribution >= 4 is 15.9 Å². The van der Waals surface area contributed by atoms with Crippen LogP contribution in [0.5, 0.6) is 5.75 Å². The zero-order valence-electron chi connectivity index (χ0n) is 8.67. The third kappa shape index (κ3) is 2.64. The van der Waals surface area contributed by atoms with Crippen molar-refractivity contribution in [3.63, 3.8) is 0 Å². The molecule has 0 saturated carbocycles. The summed E-state index contributed by atoms with van der Waals surface area (Å²) in [6, 6.07) is 8.27. The molecule has 0 saturated heterocycles. The number of halogens is 2.